The molecule has 0 spiro atoms. The van der Waals surface area contributed by atoms with E-state index in [0.29, 0.717) is 62.6 Å². The van der Waals surface area contributed by atoms with Gasteiger partial charge in [0.1, 0.15) is 78.2 Å². The van der Waals surface area contributed by atoms with Crippen LogP contribution in [0.3, 0.4) is 0 Å². The Morgan fingerprint density at radius 1 is 0.307 bits per heavy atom. The standard InChI is InChI=1S/2C27H25NO3S.C26H22FNO3S.C26H23NO3S/c1-18-3-5-20(6-4-18)26(30)27-25(23-12-9-21(29)17-24(23)32-27)19-7-10-22(11-8-19)31-16-15-28-13-2-14-28;1-18-5-2-3-6-22(18)26(30)27-25(23-12-9-20(29)17-24(23)32-27)19-7-10-21(11-8-19)31-16-15-28-13-4-14-28;27-22-5-2-1-4-20(22)25(30)26-24(21-11-8-18(29)16-23(21)32-26)17-6-9-19(10-7-17)31-15-14-28-12-3-13-28;28-20-9-12-22-23(17-20)31-26(25(29)19-5-2-1-3-6-19)24(22)18-7-10-21(11-8-18)30-16-15-27-13-4-14-27/h3-12,17,29H,2,13-16H2,1H3;2-3,5-12,17,29H,4,13-16H2,1H3;1-2,4-11,16,29H,3,12-15H2;1-3,5-12,17,28H,4,13-16H2. The van der Waals surface area contributed by atoms with E-state index < -0.39 is 5.82 Å². The molecule has 21 heteroatoms. The fraction of sp³-hybridized carbons (Fsp3) is 0.208. The number of fused-ring (bicyclic) bond motifs is 4. The van der Waals surface area contributed by atoms with Crippen LogP contribution in [-0.2, 0) is 0 Å². The van der Waals surface area contributed by atoms with Gasteiger partial charge in [-0.25, -0.2) is 4.39 Å². The highest BCUT2D eigenvalue weighted by Crippen LogP contribution is 2.47. The van der Waals surface area contributed by atoms with E-state index in [1.807, 2.05) is 208 Å². The lowest BCUT2D eigenvalue weighted by molar-refractivity contribution is 0.103. The molecular formula is C106H95FN4O12S4. The van der Waals surface area contributed by atoms with Crippen LogP contribution in [0.4, 0.5) is 4.39 Å². The molecule has 4 aliphatic rings. The molecule has 642 valence electrons. The van der Waals surface area contributed by atoms with Crippen LogP contribution in [-0.4, -0.2) is 168 Å². The lowest BCUT2D eigenvalue weighted by atomic mass is 9.96. The van der Waals surface area contributed by atoms with Gasteiger partial charge in [-0.3, -0.25) is 38.8 Å². The average molecular weight is 1760 g/mol. The summed E-state index contributed by atoms with van der Waals surface area (Å²) in [5.41, 5.74) is 11.3. The molecule has 16 nitrogen and oxygen atoms in total. The van der Waals surface area contributed by atoms with Crippen molar-refractivity contribution >= 4 is 109 Å². The maximum atomic E-state index is 14.4. The van der Waals surface area contributed by atoms with Gasteiger partial charge in [-0.2, -0.15) is 0 Å². The van der Waals surface area contributed by atoms with Crippen LogP contribution >= 0.6 is 45.3 Å². The number of likely N-dealkylation sites (tertiary alicyclic amines) is 4. The fourth-order valence-electron chi connectivity index (χ4n) is 15.9. The van der Waals surface area contributed by atoms with Crippen molar-refractivity contribution in [1.29, 1.82) is 0 Å². The van der Waals surface area contributed by atoms with E-state index in [9.17, 15) is 44.0 Å². The third-order valence-electron chi connectivity index (χ3n) is 23.4. The zero-order valence-corrected chi connectivity index (χ0v) is 73.7. The second-order valence-electron chi connectivity index (χ2n) is 32.1. The molecule has 4 fully saturated rings. The predicted molar refractivity (Wildman–Crippen MR) is 511 cm³/mol. The molecule has 16 aromatic rings. The number of benzene rings is 12. The van der Waals surface area contributed by atoms with Gasteiger partial charge in [-0.15, -0.1) is 45.3 Å². The molecule has 0 amide bonds. The Bertz CT molecular complexity index is 6410. The molecule has 0 unspecified atom stereocenters. The van der Waals surface area contributed by atoms with Crippen LogP contribution in [0.15, 0.2) is 273 Å². The highest BCUT2D eigenvalue weighted by atomic mass is 32.1. The molecule has 0 saturated carbocycles. The summed E-state index contributed by atoms with van der Waals surface area (Å²) in [6, 6.07) is 83.1. The van der Waals surface area contributed by atoms with Gasteiger partial charge >= 0.3 is 0 Å². The van der Waals surface area contributed by atoms with E-state index in [2.05, 4.69) is 19.6 Å². The third kappa shape index (κ3) is 20.3. The molecule has 4 saturated heterocycles. The van der Waals surface area contributed by atoms with Gasteiger partial charge in [0.25, 0.3) is 0 Å². The largest absolute Gasteiger partial charge is 0.508 e. The Labute approximate surface area is 752 Å². The number of carbonyl (C=O) groups excluding carboxylic acids is 4. The van der Waals surface area contributed by atoms with Gasteiger partial charge in [0.15, 0.2) is 0 Å². The maximum Gasteiger partial charge on any atom is 0.206 e. The summed E-state index contributed by atoms with van der Waals surface area (Å²) < 4.78 is 41.4. The summed E-state index contributed by atoms with van der Waals surface area (Å²) in [7, 11) is 0. The van der Waals surface area contributed by atoms with Crippen LogP contribution in [0.2, 0.25) is 0 Å². The maximum absolute atomic E-state index is 14.4. The first-order valence-corrected chi connectivity index (χ1v) is 46.2. The molecule has 0 bridgehead atoms. The molecular weight excluding hydrogens is 1670 g/mol. The molecule has 4 N–H and O–H groups in total. The normalized spacial score (nSPS) is 13.8. The molecule has 20 rings (SSSR count). The monoisotopic (exact) mass is 1760 g/mol. The number of halogens is 1. The van der Waals surface area contributed by atoms with Gasteiger partial charge in [-0.1, -0.05) is 145 Å². The van der Waals surface area contributed by atoms with Crippen LogP contribution < -0.4 is 18.9 Å². The zero-order valence-electron chi connectivity index (χ0n) is 70.5. The predicted octanol–water partition coefficient (Wildman–Crippen LogP) is 23.1. The zero-order chi connectivity index (χ0) is 87.4. The first-order valence-electron chi connectivity index (χ1n) is 42.9. The summed E-state index contributed by atoms with van der Waals surface area (Å²) in [5.74, 6) is 3.07. The van der Waals surface area contributed by atoms with E-state index in [1.165, 1.54) is 122 Å². The van der Waals surface area contributed by atoms with Crippen molar-refractivity contribution in [2.24, 2.45) is 0 Å². The molecule has 127 heavy (non-hydrogen) atoms. The molecule has 12 aromatic carbocycles. The molecule has 4 aromatic heterocycles. The summed E-state index contributed by atoms with van der Waals surface area (Å²) in [6.45, 7) is 19.7. The molecule has 8 heterocycles. The lowest BCUT2D eigenvalue weighted by Crippen LogP contribution is -2.39. The van der Waals surface area contributed by atoms with Crippen LogP contribution in [0.5, 0.6) is 46.0 Å². The number of hydrogen-bond donors (Lipinski definition) is 4. The minimum atomic E-state index is -0.547. The van der Waals surface area contributed by atoms with Crippen LogP contribution in [0.25, 0.3) is 84.9 Å². The molecule has 4 aliphatic heterocycles. The molecule has 0 radical (unpaired) electrons. The number of rotatable bonds is 28. The summed E-state index contributed by atoms with van der Waals surface area (Å²) in [4.78, 5) is 65.6. The van der Waals surface area contributed by atoms with Gasteiger partial charge < -0.3 is 39.4 Å². The Morgan fingerprint density at radius 3 is 0.882 bits per heavy atom. The number of hydrogen-bond acceptors (Lipinski definition) is 20. The number of ketones is 4. The highest BCUT2D eigenvalue weighted by Gasteiger charge is 2.29. The number of aryl methyl sites for hydroxylation is 2. The van der Waals surface area contributed by atoms with Gasteiger partial charge in [-0.05, 0) is 253 Å². The van der Waals surface area contributed by atoms with Crippen molar-refractivity contribution in [3.05, 3.63) is 332 Å². The Balaban J connectivity index is 0.000000119. The van der Waals surface area contributed by atoms with Crippen LogP contribution in [0, 0.1) is 19.7 Å². The van der Waals surface area contributed by atoms with E-state index in [-0.39, 0.29) is 51.7 Å². The quantitative estimate of drug-likeness (QED) is 0.0337. The van der Waals surface area contributed by atoms with Crippen molar-refractivity contribution in [3.8, 4) is 90.5 Å². The SMILES string of the molecule is Cc1ccc(C(=O)c2sc3cc(O)ccc3c2-c2ccc(OCCN3CCC3)cc2)cc1.Cc1ccccc1C(=O)c1sc2cc(O)ccc2c1-c1ccc(OCCN2CCC2)cc1.O=C(c1ccccc1)c1sc2cc(O)ccc2c1-c1ccc(OCCN2CCC2)cc1.O=C(c1ccccc1F)c1sc2cc(O)ccc2c1-c1ccc(OCCN2CCC2)cc1. The Hall–Kier alpha value is -12.7. The van der Waals surface area contributed by atoms with E-state index >= 15 is 0 Å². The molecule has 0 aliphatic carbocycles. The van der Waals surface area contributed by atoms with Crippen molar-refractivity contribution in [3.63, 3.8) is 0 Å². The topological polar surface area (TPSA) is 199 Å². The first-order chi connectivity index (χ1) is 62.0. The minimum Gasteiger partial charge on any atom is -0.508 e. The van der Waals surface area contributed by atoms with Gasteiger partial charge in [0, 0.05) is 105 Å². The van der Waals surface area contributed by atoms with Crippen molar-refractivity contribution in [2.45, 2.75) is 39.5 Å². The van der Waals surface area contributed by atoms with E-state index in [1.54, 1.807) is 66.7 Å². The average Bonchev–Trinajstić information content (AvgIpc) is 1.64. The number of aromatic hydroxyl groups is 4. The third-order valence-corrected chi connectivity index (χ3v) is 28.1. The van der Waals surface area contributed by atoms with E-state index in [4.69, 9.17) is 18.9 Å². The highest BCUT2D eigenvalue weighted by molar-refractivity contribution is 7.23. The summed E-state index contributed by atoms with van der Waals surface area (Å²) >= 11 is 5.53. The number of ether oxygens (including phenoxy) is 4. The number of nitrogens with zero attached hydrogens (tertiary/aromatic N) is 4. The number of phenols is 4. The fourth-order valence-corrected chi connectivity index (χ4v) is 20.7. The number of carbonyl (C=O) groups is 4. The number of phenolic OH excluding ortho intramolecular Hbond substituents is 4. The second-order valence-corrected chi connectivity index (χ2v) is 36.3. The van der Waals surface area contributed by atoms with Gasteiger partial charge in [0.05, 0.1) is 25.1 Å². The van der Waals surface area contributed by atoms with Crippen LogP contribution in [0.1, 0.15) is 97.8 Å². The van der Waals surface area contributed by atoms with E-state index in [0.717, 1.165) is 158 Å². The van der Waals surface area contributed by atoms with Gasteiger partial charge in [0.2, 0.25) is 23.1 Å². The van der Waals surface area contributed by atoms with Crippen molar-refractivity contribution < 1.29 is 62.9 Å². The van der Waals surface area contributed by atoms with Crippen molar-refractivity contribution in [2.75, 3.05) is 105 Å². The summed E-state index contributed by atoms with van der Waals surface area (Å²) in [5, 5.41) is 43.6. The van der Waals surface area contributed by atoms with Crippen molar-refractivity contribution in [1.82, 2.24) is 19.6 Å². The first kappa shape index (κ1) is 86.4. The lowest BCUT2D eigenvalue weighted by Gasteiger charge is -2.30. The second kappa shape index (κ2) is 39.9. The smallest absolute Gasteiger partial charge is 0.206 e. The minimum absolute atomic E-state index is 0.00411. The summed E-state index contributed by atoms with van der Waals surface area (Å²) in [6.07, 6.45) is 5.11. The number of thiophene rings is 4. The molecule has 0 atom stereocenters. The Morgan fingerprint density at radius 2 is 0.583 bits per heavy atom. The Kier molecular flexibility index (Phi) is 27.2.